The van der Waals surface area contributed by atoms with Gasteiger partial charge in [-0.15, -0.1) is 11.3 Å². The van der Waals surface area contributed by atoms with Crippen LogP contribution >= 0.6 is 11.3 Å². The van der Waals surface area contributed by atoms with E-state index in [0.29, 0.717) is 43.6 Å². The molecule has 3 N–H and O–H groups in total. The number of rotatable bonds is 4. The van der Waals surface area contributed by atoms with E-state index in [9.17, 15) is 4.79 Å². The van der Waals surface area contributed by atoms with Crippen LogP contribution in [-0.2, 0) is 22.4 Å². The van der Waals surface area contributed by atoms with E-state index in [1.807, 2.05) is 0 Å². The van der Waals surface area contributed by atoms with Crippen molar-refractivity contribution in [2.75, 3.05) is 25.1 Å². The molecule has 0 saturated carbocycles. The molecule has 6 heteroatoms. The maximum atomic E-state index is 12.8. The molecule has 1 fully saturated rings. The Kier molecular flexibility index (Phi) is 5.07. The lowest BCUT2D eigenvalue weighted by atomic mass is 9.79. The Balaban J connectivity index is 1.47. The second kappa shape index (κ2) is 7.47. The molecule has 5 nitrogen and oxygen atoms in total. The molecule has 4 rings (SSSR count). The number of aromatic nitrogens is 1. The van der Waals surface area contributed by atoms with Crippen molar-refractivity contribution in [3.8, 4) is 0 Å². The van der Waals surface area contributed by atoms with E-state index in [0.717, 1.165) is 25.0 Å². The lowest BCUT2D eigenvalue weighted by Gasteiger charge is -2.34. The molecule has 1 unspecified atom stereocenters. The highest BCUT2D eigenvalue weighted by Crippen LogP contribution is 2.38. The minimum atomic E-state index is -0.517. The Morgan fingerprint density at radius 3 is 2.81 bits per heavy atom. The molecule has 2 aliphatic rings. The highest BCUT2D eigenvalue weighted by atomic mass is 32.1. The third-order valence-electron chi connectivity index (χ3n) is 5.75. The number of hydrogen-bond acceptors (Lipinski definition) is 5. The lowest BCUT2D eigenvalue weighted by Crippen LogP contribution is -2.46. The van der Waals surface area contributed by atoms with Crippen LogP contribution in [0.25, 0.3) is 0 Å². The number of ether oxygens (including phenoxy) is 1. The van der Waals surface area contributed by atoms with Gasteiger partial charge in [-0.1, -0.05) is 30.3 Å². The van der Waals surface area contributed by atoms with Gasteiger partial charge in [0.2, 0.25) is 5.91 Å². The Morgan fingerprint density at radius 2 is 2.08 bits per heavy atom. The average molecular weight is 372 g/mol. The molecule has 1 saturated heterocycles. The summed E-state index contributed by atoms with van der Waals surface area (Å²) in [7, 11) is 0. The Morgan fingerprint density at radius 1 is 1.31 bits per heavy atom. The molecule has 1 amide bonds. The summed E-state index contributed by atoms with van der Waals surface area (Å²) in [4.78, 5) is 18.8. The summed E-state index contributed by atoms with van der Waals surface area (Å²) in [6.07, 6.45) is 4.44. The van der Waals surface area contributed by atoms with Gasteiger partial charge in [0, 0.05) is 24.6 Å². The number of benzene rings is 1. The predicted molar refractivity (Wildman–Crippen MR) is 103 cm³/mol. The molecule has 1 aromatic carbocycles. The molecule has 0 radical (unpaired) electrons. The first-order valence-electron chi connectivity index (χ1n) is 9.33. The van der Waals surface area contributed by atoms with Crippen LogP contribution in [0.4, 0.5) is 5.13 Å². The molecule has 2 heterocycles. The molecule has 1 atom stereocenters. The molecule has 0 bridgehead atoms. The fraction of sp³-hybridized carbons (Fsp3) is 0.500. The van der Waals surface area contributed by atoms with E-state index in [2.05, 4.69) is 35.6 Å². The van der Waals surface area contributed by atoms with Gasteiger partial charge in [0.25, 0.3) is 0 Å². The molecule has 1 aliphatic carbocycles. The fourth-order valence-electron chi connectivity index (χ4n) is 3.95. The SMILES string of the molecule is NCC1(C(=O)Nc2nc3c(s2)CC(c2ccccc2)CC3)CCOCC1. The van der Waals surface area contributed by atoms with Gasteiger partial charge in [-0.05, 0) is 43.6 Å². The van der Waals surface area contributed by atoms with E-state index in [1.165, 1.54) is 10.4 Å². The largest absolute Gasteiger partial charge is 0.381 e. The van der Waals surface area contributed by atoms with Gasteiger partial charge in [-0.25, -0.2) is 4.98 Å². The van der Waals surface area contributed by atoms with Gasteiger partial charge in [0.1, 0.15) is 0 Å². The maximum Gasteiger partial charge on any atom is 0.233 e. The quantitative estimate of drug-likeness (QED) is 0.866. The first-order chi connectivity index (χ1) is 12.7. The van der Waals surface area contributed by atoms with Crippen LogP contribution in [-0.4, -0.2) is 30.6 Å². The number of aryl methyl sites for hydroxylation is 1. The Bertz CT molecular complexity index is 769. The summed E-state index contributed by atoms with van der Waals surface area (Å²) in [5, 5.41) is 3.76. The normalized spacial score (nSPS) is 21.8. The van der Waals surface area contributed by atoms with Crippen LogP contribution in [0.15, 0.2) is 30.3 Å². The number of carbonyl (C=O) groups excluding carboxylic acids is 1. The zero-order valence-electron chi connectivity index (χ0n) is 14.9. The third kappa shape index (κ3) is 3.41. The van der Waals surface area contributed by atoms with Crippen LogP contribution in [0.3, 0.4) is 0 Å². The van der Waals surface area contributed by atoms with E-state index in [-0.39, 0.29) is 5.91 Å². The zero-order chi connectivity index (χ0) is 18.0. The number of thiazole rings is 1. The van der Waals surface area contributed by atoms with E-state index in [4.69, 9.17) is 15.5 Å². The van der Waals surface area contributed by atoms with Gasteiger partial charge in [0.15, 0.2) is 5.13 Å². The minimum absolute atomic E-state index is 0.00555. The predicted octanol–water partition coefficient (Wildman–Crippen LogP) is 3.11. The number of carbonyl (C=O) groups is 1. The topological polar surface area (TPSA) is 77.2 Å². The van der Waals surface area contributed by atoms with Crippen LogP contribution in [0.1, 0.15) is 41.3 Å². The van der Waals surface area contributed by atoms with Crippen LogP contribution in [0, 0.1) is 5.41 Å². The molecular weight excluding hydrogens is 346 g/mol. The van der Waals surface area contributed by atoms with E-state index >= 15 is 0 Å². The number of hydrogen-bond donors (Lipinski definition) is 2. The van der Waals surface area contributed by atoms with Crippen LogP contribution < -0.4 is 11.1 Å². The van der Waals surface area contributed by atoms with Gasteiger partial charge < -0.3 is 15.8 Å². The molecule has 26 heavy (non-hydrogen) atoms. The standard InChI is InChI=1S/C20H25N3O2S/c21-13-20(8-10-25-11-9-20)18(24)23-19-22-16-7-6-15(12-17(16)26-19)14-4-2-1-3-5-14/h1-5,15H,6-13,21H2,(H,22,23,24). The summed E-state index contributed by atoms with van der Waals surface area (Å²) >= 11 is 1.62. The molecule has 2 aromatic rings. The smallest absolute Gasteiger partial charge is 0.233 e. The number of nitrogens with two attached hydrogens (primary N) is 1. The molecule has 1 aromatic heterocycles. The van der Waals surface area contributed by atoms with Gasteiger partial charge >= 0.3 is 0 Å². The molecular formula is C20H25N3O2S. The highest BCUT2D eigenvalue weighted by Gasteiger charge is 2.39. The summed E-state index contributed by atoms with van der Waals surface area (Å²) in [6, 6.07) is 10.7. The average Bonchev–Trinajstić information content (AvgIpc) is 3.10. The summed E-state index contributed by atoms with van der Waals surface area (Å²) in [6.45, 7) is 1.54. The van der Waals surface area contributed by atoms with E-state index < -0.39 is 5.41 Å². The number of nitrogens with one attached hydrogen (secondary N) is 1. The summed E-state index contributed by atoms with van der Waals surface area (Å²) in [5.41, 5.74) is 7.96. The fourth-order valence-corrected chi connectivity index (χ4v) is 5.04. The first kappa shape index (κ1) is 17.6. The lowest BCUT2D eigenvalue weighted by molar-refractivity contribution is -0.130. The first-order valence-corrected chi connectivity index (χ1v) is 10.1. The number of anilines is 1. The highest BCUT2D eigenvalue weighted by molar-refractivity contribution is 7.15. The van der Waals surface area contributed by atoms with Crippen molar-refractivity contribution in [2.45, 2.75) is 38.0 Å². The molecule has 138 valence electrons. The number of nitrogens with zero attached hydrogens (tertiary/aromatic N) is 1. The third-order valence-corrected chi connectivity index (χ3v) is 6.79. The molecule has 0 spiro atoms. The number of amides is 1. The molecule has 1 aliphatic heterocycles. The Hall–Kier alpha value is -1.76. The van der Waals surface area contributed by atoms with Crippen molar-refractivity contribution in [2.24, 2.45) is 11.1 Å². The summed E-state index contributed by atoms with van der Waals surface area (Å²) in [5.74, 6) is 0.535. The maximum absolute atomic E-state index is 12.8. The monoisotopic (exact) mass is 371 g/mol. The van der Waals surface area contributed by atoms with Crippen molar-refractivity contribution in [3.05, 3.63) is 46.5 Å². The van der Waals surface area contributed by atoms with Crippen molar-refractivity contribution in [3.63, 3.8) is 0 Å². The Labute approximate surface area is 158 Å². The van der Waals surface area contributed by atoms with Gasteiger partial charge in [-0.3, -0.25) is 4.79 Å². The van der Waals surface area contributed by atoms with Gasteiger partial charge in [0.05, 0.1) is 11.1 Å². The zero-order valence-corrected chi connectivity index (χ0v) is 15.7. The minimum Gasteiger partial charge on any atom is -0.381 e. The second-order valence-corrected chi connectivity index (χ2v) is 8.37. The van der Waals surface area contributed by atoms with Crippen molar-refractivity contribution >= 4 is 22.4 Å². The van der Waals surface area contributed by atoms with Crippen molar-refractivity contribution in [1.29, 1.82) is 0 Å². The second-order valence-electron chi connectivity index (χ2n) is 7.29. The van der Waals surface area contributed by atoms with Crippen LogP contribution in [0.2, 0.25) is 0 Å². The van der Waals surface area contributed by atoms with Crippen LogP contribution in [0.5, 0.6) is 0 Å². The van der Waals surface area contributed by atoms with Crippen molar-refractivity contribution < 1.29 is 9.53 Å². The van der Waals surface area contributed by atoms with Gasteiger partial charge in [-0.2, -0.15) is 0 Å². The summed E-state index contributed by atoms with van der Waals surface area (Å²) < 4.78 is 5.40. The number of fused-ring (bicyclic) bond motifs is 1. The van der Waals surface area contributed by atoms with Crippen molar-refractivity contribution in [1.82, 2.24) is 4.98 Å². The van der Waals surface area contributed by atoms with E-state index in [1.54, 1.807) is 11.3 Å².